The van der Waals surface area contributed by atoms with Crippen LogP contribution in [-0.2, 0) is 0 Å². The van der Waals surface area contributed by atoms with Crippen molar-refractivity contribution < 1.29 is 0 Å². The molecule has 0 aromatic carbocycles. The largest absolute Gasteiger partial charge is 0.388 e. The number of nitrogens with one attached hydrogen (secondary N) is 1. The lowest BCUT2D eigenvalue weighted by atomic mass is 10.1. The minimum Gasteiger partial charge on any atom is -0.388 e. The highest BCUT2D eigenvalue weighted by atomic mass is 14.9. The van der Waals surface area contributed by atoms with Crippen molar-refractivity contribution in [1.82, 2.24) is 5.32 Å². The number of hydrogen-bond donors (Lipinski definition) is 1. The molecule has 66 valence electrons. The van der Waals surface area contributed by atoms with Crippen molar-refractivity contribution in [3.63, 3.8) is 0 Å². The average Bonchev–Trinajstić information content (AvgIpc) is 2.01. The summed E-state index contributed by atoms with van der Waals surface area (Å²) in [6.45, 7) is 6.52. The summed E-state index contributed by atoms with van der Waals surface area (Å²) in [7, 11) is 0. The molecule has 0 saturated heterocycles. The molecule has 1 nitrogen and oxygen atoms in total. The van der Waals surface area contributed by atoms with Gasteiger partial charge in [-0.3, -0.25) is 0 Å². The van der Waals surface area contributed by atoms with Crippen LogP contribution in [0.2, 0.25) is 0 Å². The Morgan fingerprint density at radius 3 is 2.09 bits per heavy atom. The topological polar surface area (TPSA) is 12.0 Å². The summed E-state index contributed by atoms with van der Waals surface area (Å²) in [5.41, 5.74) is 0. The average molecular weight is 155 g/mol. The third-order valence-electron chi connectivity index (χ3n) is 1.77. The minimum absolute atomic E-state index is 0.696. The monoisotopic (exact) mass is 155 g/mol. The van der Waals surface area contributed by atoms with E-state index < -0.39 is 0 Å². The first-order valence-corrected chi connectivity index (χ1v) is 4.72. The van der Waals surface area contributed by atoms with Crippen LogP contribution in [0.15, 0.2) is 12.3 Å². The second-order valence-corrected chi connectivity index (χ2v) is 2.94. The lowest BCUT2D eigenvalue weighted by molar-refractivity contribution is 0.494. The predicted molar refractivity (Wildman–Crippen MR) is 51.6 cm³/mol. The van der Waals surface area contributed by atoms with Crippen LogP contribution in [0.1, 0.15) is 46.5 Å². The molecule has 0 unspecified atom stereocenters. The van der Waals surface area contributed by atoms with E-state index in [9.17, 15) is 0 Å². The van der Waals surface area contributed by atoms with Crippen LogP contribution in [0.4, 0.5) is 0 Å². The molecule has 0 amide bonds. The van der Waals surface area contributed by atoms with Gasteiger partial charge in [0.05, 0.1) is 0 Å². The summed E-state index contributed by atoms with van der Waals surface area (Å²) in [4.78, 5) is 0. The van der Waals surface area contributed by atoms with Gasteiger partial charge in [-0.2, -0.15) is 0 Å². The van der Waals surface area contributed by atoms with E-state index in [1.165, 1.54) is 25.7 Å². The van der Waals surface area contributed by atoms with Gasteiger partial charge in [0.1, 0.15) is 0 Å². The van der Waals surface area contributed by atoms with Crippen molar-refractivity contribution in [2.24, 2.45) is 0 Å². The molecular formula is C10H21N. The van der Waals surface area contributed by atoms with Gasteiger partial charge in [0.2, 0.25) is 0 Å². The molecule has 1 N–H and O–H groups in total. The third kappa shape index (κ3) is 5.96. The van der Waals surface area contributed by atoms with E-state index >= 15 is 0 Å². The Bertz CT molecular complexity index is 91.0. The van der Waals surface area contributed by atoms with E-state index in [2.05, 4.69) is 31.4 Å². The fourth-order valence-electron chi connectivity index (χ4n) is 1.24. The smallest absolute Gasteiger partial charge is 0.0255 e. The van der Waals surface area contributed by atoms with Gasteiger partial charge in [0.15, 0.2) is 0 Å². The molecule has 0 bridgehead atoms. The van der Waals surface area contributed by atoms with Gasteiger partial charge in [-0.05, 0) is 26.0 Å². The quantitative estimate of drug-likeness (QED) is 0.621. The Balaban J connectivity index is 3.50. The summed E-state index contributed by atoms with van der Waals surface area (Å²) in [6, 6.07) is 0.696. The first-order valence-electron chi connectivity index (χ1n) is 4.72. The zero-order chi connectivity index (χ0) is 8.53. The van der Waals surface area contributed by atoms with Gasteiger partial charge in [-0.25, -0.2) is 0 Å². The first-order chi connectivity index (χ1) is 5.35. The molecule has 0 fully saturated rings. The van der Waals surface area contributed by atoms with Crippen molar-refractivity contribution in [2.45, 2.75) is 52.5 Å². The maximum atomic E-state index is 3.39. The van der Waals surface area contributed by atoms with Gasteiger partial charge in [-0.1, -0.05) is 32.8 Å². The van der Waals surface area contributed by atoms with E-state index in [0.717, 1.165) is 0 Å². The molecule has 0 spiro atoms. The van der Waals surface area contributed by atoms with Gasteiger partial charge in [0, 0.05) is 6.04 Å². The molecule has 0 rings (SSSR count). The van der Waals surface area contributed by atoms with Crippen LogP contribution in [0, 0.1) is 0 Å². The molecule has 0 aromatic rings. The number of hydrogen-bond acceptors (Lipinski definition) is 1. The zero-order valence-electron chi connectivity index (χ0n) is 8.06. The Morgan fingerprint density at radius 2 is 1.73 bits per heavy atom. The fourth-order valence-corrected chi connectivity index (χ4v) is 1.24. The van der Waals surface area contributed by atoms with Crippen LogP contribution < -0.4 is 5.32 Å². The normalized spacial score (nSPS) is 11.3. The molecule has 0 aliphatic rings. The van der Waals surface area contributed by atoms with Gasteiger partial charge in [0.25, 0.3) is 0 Å². The van der Waals surface area contributed by atoms with E-state index in [1.807, 2.05) is 6.92 Å². The SMILES string of the molecule is CC=CNC(CCC)CCC. The van der Waals surface area contributed by atoms with E-state index in [4.69, 9.17) is 0 Å². The van der Waals surface area contributed by atoms with Crippen molar-refractivity contribution in [3.05, 3.63) is 12.3 Å². The van der Waals surface area contributed by atoms with Crippen molar-refractivity contribution in [1.29, 1.82) is 0 Å². The summed E-state index contributed by atoms with van der Waals surface area (Å²) in [5, 5.41) is 3.39. The van der Waals surface area contributed by atoms with E-state index in [0.29, 0.717) is 6.04 Å². The Hall–Kier alpha value is -0.460. The highest BCUT2D eigenvalue weighted by Crippen LogP contribution is 2.03. The number of rotatable bonds is 6. The van der Waals surface area contributed by atoms with Crippen LogP contribution in [0.3, 0.4) is 0 Å². The molecule has 1 heteroatoms. The summed E-state index contributed by atoms with van der Waals surface area (Å²) in [5.74, 6) is 0. The third-order valence-corrected chi connectivity index (χ3v) is 1.77. The summed E-state index contributed by atoms with van der Waals surface area (Å²) in [6.07, 6.45) is 9.23. The second-order valence-electron chi connectivity index (χ2n) is 2.94. The maximum absolute atomic E-state index is 3.39. The summed E-state index contributed by atoms with van der Waals surface area (Å²) >= 11 is 0. The highest BCUT2D eigenvalue weighted by Gasteiger charge is 2.01. The molecule has 0 saturated carbocycles. The van der Waals surface area contributed by atoms with Gasteiger partial charge in [-0.15, -0.1) is 0 Å². The molecule has 0 aliphatic carbocycles. The van der Waals surface area contributed by atoms with Crippen LogP contribution >= 0.6 is 0 Å². The maximum Gasteiger partial charge on any atom is 0.0255 e. The first kappa shape index (κ1) is 10.5. The van der Waals surface area contributed by atoms with E-state index in [-0.39, 0.29) is 0 Å². The zero-order valence-corrected chi connectivity index (χ0v) is 8.06. The van der Waals surface area contributed by atoms with Crippen LogP contribution in [0.25, 0.3) is 0 Å². The molecule has 0 aliphatic heterocycles. The molecule has 0 radical (unpaired) electrons. The van der Waals surface area contributed by atoms with Gasteiger partial charge < -0.3 is 5.32 Å². The van der Waals surface area contributed by atoms with Crippen LogP contribution in [-0.4, -0.2) is 6.04 Å². The highest BCUT2D eigenvalue weighted by molar-refractivity contribution is 4.79. The minimum atomic E-state index is 0.696. The van der Waals surface area contributed by atoms with Crippen molar-refractivity contribution >= 4 is 0 Å². The summed E-state index contributed by atoms with van der Waals surface area (Å²) < 4.78 is 0. The van der Waals surface area contributed by atoms with Crippen LogP contribution in [0.5, 0.6) is 0 Å². The Morgan fingerprint density at radius 1 is 1.18 bits per heavy atom. The predicted octanol–water partition coefficient (Wildman–Crippen LogP) is 3.08. The molecule has 0 aromatic heterocycles. The van der Waals surface area contributed by atoms with Crippen molar-refractivity contribution in [3.8, 4) is 0 Å². The lowest BCUT2D eigenvalue weighted by Crippen LogP contribution is -2.23. The molecular weight excluding hydrogens is 134 g/mol. The Labute approximate surface area is 70.9 Å². The van der Waals surface area contributed by atoms with E-state index in [1.54, 1.807) is 0 Å². The number of allylic oxidation sites excluding steroid dienone is 1. The van der Waals surface area contributed by atoms with Gasteiger partial charge >= 0.3 is 0 Å². The molecule has 0 atom stereocenters. The standard InChI is InChI=1S/C10H21N/c1-4-7-10(8-5-2)11-9-6-3/h6,9-11H,4-5,7-8H2,1-3H3. The second kappa shape index (κ2) is 7.64. The molecule has 0 heterocycles. The lowest BCUT2D eigenvalue weighted by Gasteiger charge is -2.14. The molecule has 11 heavy (non-hydrogen) atoms. The Kier molecular flexibility index (Phi) is 7.33. The fraction of sp³-hybridized carbons (Fsp3) is 0.800. The van der Waals surface area contributed by atoms with Crippen molar-refractivity contribution in [2.75, 3.05) is 0 Å².